The molecule has 65 valence electrons. The monoisotopic (exact) mass is 163 g/mol. The van der Waals surface area contributed by atoms with E-state index in [1.54, 1.807) is 0 Å². The molecular formula is C10H15N2. The van der Waals surface area contributed by atoms with Crippen molar-refractivity contribution in [3.63, 3.8) is 0 Å². The van der Waals surface area contributed by atoms with Gasteiger partial charge in [0.1, 0.15) is 0 Å². The van der Waals surface area contributed by atoms with Gasteiger partial charge in [-0.1, -0.05) is 19.8 Å². The summed E-state index contributed by atoms with van der Waals surface area (Å²) in [4.78, 5) is 0. The highest BCUT2D eigenvalue weighted by Crippen LogP contribution is 2.34. The first-order valence-corrected chi connectivity index (χ1v) is 4.77. The van der Waals surface area contributed by atoms with Crippen LogP contribution in [0.4, 0.5) is 0 Å². The zero-order valence-corrected chi connectivity index (χ0v) is 7.51. The molecule has 1 fully saturated rings. The van der Waals surface area contributed by atoms with E-state index in [9.17, 15) is 0 Å². The molecule has 0 aromatic carbocycles. The zero-order valence-electron chi connectivity index (χ0n) is 7.51. The highest BCUT2D eigenvalue weighted by molar-refractivity contribution is 5.05. The fourth-order valence-corrected chi connectivity index (χ4v) is 2.15. The van der Waals surface area contributed by atoms with Crippen LogP contribution in [0.1, 0.15) is 44.2 Å². The minimum atomic E-state index is 0.691. The van der Waals surface area contributed by atoms with Gasteiger partial charge in [-0.15, -0.1) is 0 Å². The Hall–Kier alpha value is -0.790. The Balaban J connectivity index is 2.04. The molecule has 1 aliphatic rings. The van der Waals surface area contributed by atoms with E-state index in [0.717, 1.165) is 5.92 Å². The molecule has 1 N–H and O–H groups in total. The molecule has 2 nitrogen and oxygen atoms in total. The molecular weight excluding hydrogens is 148 g/mol. The lowest BCUT2D eigenvalue weighted by molar-refractivity contribution is 0.340. The van der Waals surface area contributed by atoms with E-state index >= 15 is 0 Å². The molecule has 2 heteroatoms. The number of nitrogens with one attached hydrogen (secondary N) is 1. The van der Waals surface area contributed by atoms with Gasteiger partial charge in [0.05, 0.1) is 11.9 Å². The van der Waals surface area contributed by atoms with E-state index < -0.39 is 0 Å². The molecule has 1 heterocycles. The highest BCUT2D eigenvalue weighted by Gasteiger charge is 2.21. The van der Waals surface area contributed by atoms with Gasteiger partial charge in [0.15, 0.2) is 0 Å². The van der Waals surface area contributed by atoms with E-state index in [1.165, 1.54) is 31.4 Å². The molecule has 12 heavy (non-hydrogen) atoms. The fourth-order valence-electron chi connectivity index (χ4n) is 2.15. The van der Waals surface area contributed by atoms with Gasteiger partial charge in [-0.05, 0) is 24.8 Å². The molecule has 1 aromatic heterocycles. The second kappa shape index (κ2) is 3.30. The number of nitrogens with zero attached hydrogens (tertiary/aromatic N) is 1. The predicted molar refractivity (Wildman–Crippen MR) is 47.8 cm³/mol. The largest absolute Gasteiger partial charge is 0.276 e. The molecule has 1 saturated carbocycles. The first-order valence-electron chi connectivity index (χ1n) is 4.77. The lowest BCUT2D eigenvalue weighted by Crippen LogP contribution is -2.11. The van der Waals surface area contributed by atoms with Gasteiger partial charge in [0, 0.05) is 5.92 Å². The topological polar surface area (TPSA) is 28.7 Å². The Morgan fingerprint density at radius 1 is 1.58 bits per heavy atom. The van der Waals surface area contributed by atoms with Crippen LogP contribution < -0.4 is 0 Å². The summed E-state index contributed by atoms with van der Waals surface area (Å²) in [6, 6.07) is 1.99. The third kappa shape index (κ3) is 1.52. The normalized spacial score (nSPS) is 30.4. The summed E-state index contributed by atoms with van der Waals surface area (Å²) in [5, 5.41) is 6.96. The van der Waals surface area contributed by atoms with Gasteiger partial charge in [-0.2, -0.15) is 5.10 Å². The fraction of sp³-hybridized carbons (Fsp3) is 0.700. The molecule has 0 saturated heterocycles. The number of hydrogen-bond acceptors (Lipinski definition) is 1. The van der Waals surface area contributed by atoms with Crippen molar-refractivity contribution in [2.75, 3.05) is 0 Å². The van der Waals surface area contributed by atoms with E-state index in [-0.39, 0.29) is 0 Å². The summed E-state index contributed by atoms with van der Waals surface area (Å²) in [7, 11) is 0. The van der Waals surface area contributed by atoms with Crippen LogP contribution in [0.15, 0.2) is 6.07 Å². The molecule has 2 atom stereocenters. The summed E-state index contributed by atoms with van der Waals surface area (Å²) >= 11 is 0. The summed E-state index contributed by atoms with van der Waals surface area (Å²) in [5.74, 6) is 1.57. The van der Waals surface area contributed by atoms with Crippen molar-refractivity contribution < 1.29 is 0 Å². The standard InChI is InChI=1S/C10H15N2/c1-8-3-2-4-9(7-8)10-5-6-11-12-10/h5,8-9H,2-4,7H2,1H3,(H,11,12)/t8-,9?/m1/s1. The van der Waals surface area contributed by atoms with Crippen LogP contribution in [0.2, 0.25) is 0 Å². The second-order valence-electron chi connectivity index (χ2n) is 3.91. The third-order valence-corrected chi connectivity index (χ3v) is 2.82. The average Bonchev–Trinajstić information content (AvgIpc) is 2.56. The minimum absolute atomic E-state index is 0.691. The molecule has 1 unspecified atom stereocenters. The minimum Gasteiger partial charge on any atom is -0.276 e. The van der Waals surface area contributed by atoms with Crippen LogP contribution in [-0.4, -0.2) is 10.2 Å². The summed E-state index contributed by atoms with van der Waals surface area (Å²) in [5.41, 5.74) is 1.21. The van der Waals surface area contributed by atoms with Gasteiger partial charge < -0.3 is 0 Å². The maximum Gasteiger partial charge on any atom is 0.0831 e. The van der Waals surface area contributed by atoms with E-state index in [0.29, 0.717) is 5.92 Å². The zero-order chi connectivity index (χ0) is 8.39. The average molecular weight is 163 g/mol. The molecule has 0 aliphatic heterocycles. The lowest BCUT2D eigenvalue weighted by atomic mass is 9.81. The second-order valence-corrected chi connectivity index (χ2v) is 3.91. The van der Waals surface area contributed by atoms with Crippen LogP contribution in [0.5, 0.6) is 0 Å². The number of aromatic nitrogens is 2. The third-order valence-electron chi connectivity index (χ3n) is 2.82. The van der Waals surface area contributed by atoms with Crippen LogP contribution in [0, 0.1) is 12.1 Å². The highest BCUT2D eigenvalue weighted by atomic mass is 15.1. The number of H-pyrrole nitrogens is 1. The molecule has 1 aliphatic carbocycles. The quantitative estimate of drug-likeness (QED) is 0.677. The number of rotatable bonds is 1. The van der Waals surface area contributed by atoms with Gasteiger partial charge in [0.25, 0.3) is 0 Å². The van der Waals surface area contributed by atoms with Crippen molar-refractivity contribution >= 4 is 0 Å². The predicted octanol–water partition coefficient (Wildman–Crippen LogP) is 2.50. The lowest BCUT2D eigenvalue weighted by Gasteiger charge is -2.24. The van der Waals surface area contributed by atoms with Crippen LogP contribution >= 0.6 is 0 Å². The number of aromatic amines is 1. The van der Waals surface area contributed by atoms with Crippen LogP contribution in [0.25, 0.3) is 0 Å². The first-order chi connectivity index (χ1) is 5.86. The van der Waals surface area contributed by atoms with E-state index in [2.05, 4.69) is 23.3 Å². The first kappa shape index (κ1) is 7.84. The Labute approximate surface area is 73.4 Å². The van der Waals surface area contributed by atoms with Crippen molar-refractivity contribution in [2.45, 2.75) is 38.5 Å². The molecule has 1 radical (unpaired) electrons. The Morgan fingerprint density at radius 3 is 3.17 bits per heavy atom. The van der Waals surface area contributed by atoms with Crippen LogP contribution in [0.3, 0.4) is 0 Å². The van der Waals surface area contributed by atoms with Crippen molar-refractivity contribution in [1.82, 2.24) is 10.2 Å². The molecule has 2 rings (SSSR count). The maximum absolute atomic E-state index is 4.19. The molecule has 0 spiro atoms. The van der Waals surface area contributed by atoms with Gasteiger partial charge >= 0.3 is 0 Å². The van der Waals surface area contributed by atoms with Crippen molar-refractivity contribution in [3.8, 4) is 0 Å². The maximum atomic E-state index is 4.19. The van der Waals surface area contributed by atoms with E-state index in [1.807, 2.05) is 6.07 Å². The Bertz CT molecular complexity index is 228. The Morgan fingerprint density at radius 2 is 2.50 bits per heavy atom. The smallest absolute Gasteiger partial charge is 0.0831 e. The van der Waals surface area contributed by atoms with Gasteiger partial charge in [-0.3, -0.25) is 5.10 Å². The van der Waals surface area contributed by atoms with Crippen molar-refractivity contribution in [1.29, 1.82) is 0 Å². The summed E-state index contributed by atoms with van der Waals surface area (Å²) in [6.45, 7) is 2.34. The van der Waals surface area contributed by atoms with Crippen molar-refractivity contribution in [3.05, 3.63) is 18.0 Å². The Kier molecular flexibility index (Phi) is 2.15. The molecule has 1 aromatic rings. The van der Waals surface area contributed by atoms with Gasteiger partial charge in [0.2, 0.25) is 0 Å². The number of hydrogen-bond donors (Lipinski definition) is 1. The van der Waals surface area contributed by atoms with Crippen molar-refractivity contribution in [2.24, 2.45) is 5.92 Å². The summed E-state index contributed by atoms with van der Waals surface area (Å²) in [6.07, 6.45) is 8.27. The van der Waals surface area contributed by atoms with Gasteiger partial charge in [-0.25, -0.2) is 0 Å². The molecule has 0 bridgehead atoms. The molecule has 0 amide bonds. The van der Waals surface area contributed by atoms with E-state index in [4.69, 9.17) is 0 Å². The van der Waals surface area contributed by atoms with Crippen LogP contribution in [-0.2, 0) is 0 Å². The summed E-state index contributed by atoms with van der Waals surface area (Å²) < 4.78 is 0. The SMILES string of the molecule is C[C@@H]1CCCC(c2c[c][nH]n2)C1.